The van der Waals surface area contributed by atoms with Crippen molar-refractivity contribution in [1.29, 1.82) is 0 Å². The minimum absolute atomic E-state index is 0.0613. The van der Waals surface area contributed by atoms with Gasteiger partial charge in [-0.3, -0.25) is 14.4 Å². The summed E-state index contributed by atoms with van der Waals surface area (Å²) in [5.41, 5.74) is 0. The van der Waals surface area contributed by atoms with E-state index in [0.717, 1.165) is 57.8 Å². The summed E-state index contributed by atoms with van der Waals surface area (Å²) in [6.07, 6.45) is 77.5. The van der Waals surface area contributed by atoms with Gasteiger partial charge in [-0.2, -0.15) is 0 Å². The van der Waals surface area contributed by atoms with Crippen LogP contribution in [0, 0.1) is 0 Å². The lowest BCUT2D eigenvalue weighted by Gasteiger charge is -2.18. The predicted octanol–water partition coefficient (Wildman–Crippen LogP) is 23.8. The molecule has 0 heterocycles. The molecule has 1 unspecified atom stereocenters. The fraction of sp³-hybridized carbons (Fsp3) is 0.957. The first kappa shape index (κ1) is 74.4. The molecule has 0 rings (SSSR count). The van der Waals surface area contributed by atoms with Crippen molar-refractivity contribution in [2.45, 2.75) is 419 Å². The van der Waals surface area contributed by atoms with Crippen molar-refractivity contribution in [3.8, 4) is 0 Å². The topological polar surface area (TPSA) is 78.9 Å². The number of carbonyl (C=O) groups is 3. The second-order valence-corrected chi connectivity index (χ2v) is 24.2. The average Bonchev–Trinajstić information content (AvgIpc) is 3.42. The van der Waals surface area contributed by atoms with Gasteiger partial charge in [0, 0.05) is 19.3 Å². The van der Waals surface area contributed by atoms with E-state index in [2.05, 4.69) is 20.8 Å². The first-order valence-corrected chi connectivity index (χ1v) is 35.0. The Morgan fingerprint density at radius 2 is 0.355 bits per heavy atom. The van der Waals surface area contributed by atoms with Crippen LogP contribution in [-0.2, 0) is 28.6 Å². The lowest BCUT2D eigenvalue weighted by Crippen LogP contribution is -2.30. The molecule has 0 aliphatic heterocycles. The molecule has 0 amide bonds. The number of ether oxygens (including phenoxy) is 3. The average molecular weight is 1070 g/mol. The summed E-state index contributed by atoms with van der Waals surface area (Å²) in [7, 11) is 0. The van der Waals surface area contributed by atoms with Crippen LogP contribution in [0.5, 0.6) is 0 Å². The Bertz CT molecular complexity index is 1140. The van der Waals surface area contributed by atoms with Gasteiger partial charge < -0.3 is 14.2 Å². The third kappa shape index (κ3) is 63.2. The Morgan fingerprint density at radius 1 is 0.211 bits per heavy atom. The lowest BCUT2D eigenvalue weighted by molar-refractivity contribution is -0.167. The highest BCUT2D eigenvalue weighted by Crippen LogP contribution is 2.19. The van der Waals surface area contributed by atoms with Crippen molar-refractivity contribution in [2.75, 3.05) is 13.2 Å². The minimum atomic E-state index is -0.761. The highest BCUT2D eigenvalue weighted by atomic mass is 16.6. The van der Waals surface area contributed by atoms with Gasteiger partial charge in [0.2, 0.25) is 0 Å². The van der Waals surface area contributed by atoms with E-state index in [1.807, 2.05) is 0 Å². The molecule has 0 N–H and O–H groups in total. The molecule has 0 aromatic heterocycles. The van der Waals surface area contributed by atoms with Gasteiger partial charge in [0.15, 0.2) is 6.10 Å². The van der Waals surface area contributed by atoms with E-state index in [-0.39, 0.29) is 31.1 Å². The number of esters is 3. The molecule has 452 valence electrons. The van der Waals surface area contributed by atoms with Crippen LogP contribution in [-0.4, -0.2) is 37.2 Å². The zero-order chi connectivity index (χ0) is 55.0. The molecule has 0 aromatic carbocycles. The number of unbranched alkanes of at least 4 members (excludes halogenated alkanes) is 55. The third-order valence-electron chi connectivity index (χ3n) is 16.4. The molecule has 0 saturated carbocycles. The Hall–Kier alpha value is -1.59. The van der Waals surface area contributed by atoms with Crippen LogP contribution in [0.3, 0.4) is 0 Å². The first-order valence-electron chi connectivity index (χ1n) is 35.0. The van der Waals surface area contributed by atoms with E-state index >= 15 is 0 Å². The van der Waals surface area contributed by atoms with Gasteiger partial charge in [0.25, 0.3) is 0 Å². The fourth-order valence-electron chi connectivity index (χ4n) is 11.1. The van der Waals surface area contributed by atoms with Crippen LogP contribution in [0.2, 0.25) is 0 Å². The molecule has 0 aliphatic carbocycles. The van der Waals surface area contributed by atoms with Crippen LogP contribution < -0.4 is 0 Å². The van der Waals surface area contributed by atoms with Crippen LogP contribution in [0.15, 0.2) is 0 Å². The monoisotopic (exact) mass is 1070 g/mol. The Labute approximate surface area is 476 Å². The summed E-state index contributed by atoms with van der Waals surface area (Å²) in [5, 5.41) is 0. The summed E-state index contributed by atoms with van der Waals surface area (Å²) in [6.45, 7) is 6.69. The second-order valence-electron chi connectivity index (χ2n) is 24.2. The molecule has 0 aromatic rings. The summed E-state index contributed by atoms with van der Waals surface area (Å²) in [4.78, 5) is 38.1. The zero-order valence-electron chi connectivity index (χ0n) is 52.1. The molecule has 0 fully saturated rings. The van der Waals surface area contributed by atoms with E-state index in [1.165, 1.54) is 315 Å². The normalized spacial score (nSPS) is 11.9. The molecule has 6 heteroatoms. The first-order chi connectivity index (χ1) is 37.5. The molecule has 76 heavy (non-hydrogen) atoms. The highest BCUT2D eigenvalue weighted by molar-refractivity contribution is 5.71. The summed E-state index contributed by atoms with van der Waals surface area (Å²) >= 11 is 0. The van der Waals surface area contributed by atoms with E-state index in [4.69, 9.17) is 14.2 Å². The van der Waals surface area contributed by atoms with Gasteiger partial charge in [-0.25, -0.2) is 0 Å². The van der Waals surface area contributed by atoms with Crippen molar-refractivity contribution >= 4 is 17.9 Å². The quantitative estimate of drug-likeness (QED) is 0.0343. The molecule has 6 nitrogen and oxygen atoms in total. The predicted molar refractivity (Wildman–Crippen MR) is 330 cm³/mol. The summed E-state index contributed by atoms with van der Waals surface area (Å²) in [6, 6.07) is 0. The van der Waals surface area contributed by atoms with Gasteiger partial charge in [-0.15, -0.1) is 0 Å². The van der Waals surface area contributed by atoms with Gasteiger partial charge >= 0.3 is 17.9 Å². The van der Waals surface area contributed by atoms with Crippen molar-refractivity contribution in [3.63, 3.8) is 0 Å². The molecule has 0 radical (unpaired) electrons. The van der Waals surface area contributed by atoms with Gasteiger partial charge in [-0.1, -0.05) is 374 Å². The fourth-order valence-corrected chi connectivity index (χ4v) is 11.1. The lowest BCUT2D eigenvalue weighted by atomic mass is 10.0. The van der Waals surface area contributed by atoms with E-state index in [1.54, 1.807) is 0 Å². The summed E-state index contributed by atoms with van der Waals surface area (Å²) < 4.78 is 16.9. The van der Waals surface area contributed by atoms with Crippen molar-refractivity contribution in [3.05, 3.63) is 0 Å². The maximum absolute atomic E-state index is 12.9. The van der Waals surface area contributed by atoms with Crippen LogP contribution in [0.1, 0.15) is 412 Å². The smallest absolute Gasteiger partial charge is 0.306 e. The van der Waals surface area contributed by atoms with Gasteiger partial charge in [0.05, 0.1) is 0 Å². The van der Waals surface area contributed by atoms with Crippen molar-refractivity contribution < 1.29 is 28.6 Å². The van der Waals surface area contributed by atoms with E-state index in [9.17, 15) is 14.4 Å². The Kier molecular flexibility index (Phi) is 64.5. The standard InChI is InChI=1S/C70H136O6/c1-4-7-10-13-16-18-20-22-24-26-28-30-31-32-33-34-35-36-37-38-40-41-43-45-47-49-51-54-57-60-63-69(72)75-66-67(65-74-68(71)62-59-56-53-15-12-9-6-3)76-70(73)64-61-58-55-52-50-48-46-44-42-39-29-27-25-23-21-19-17-14-11-8-5-2/h67H,4-66H2,1-3H3. The maximum atomic E-state index is 12.9. The van der Waals surface area contributed by atoms with Crippen molar-refractivity contribution in [2.24, 2.45) is 0 Å². The molecular weight excluding hydrogens is 937 g/mol. The molecule has 0 saturated heterocycles. The van der Waals surface area contributed by atoms with Crippen molar-refractivity contribution in [1.82, 2.24) is 0 Å². The van der Waals surface area contributed by atoms with E-state index < -0.39 is 6.10 Å². The van der Waals surface area contributed by atoms with Gasteiger partial charge in [-0.05, 0) is 19.3 Å². The van der Waals surface area contributed by atoms with Gasteiger partial charge in [0.1, 0.15) is 13.2 Å². The Balaban J connectivity index is 3.96. The van der Waals surface area contributed by atoms with Crippen LogP contribution in [0.4, 0.5) is 0 Å². The summed E-state index contributed by atoms with van der Waals surface area (Å²) in [5.74, 6) is -0.834. The van der Waals surface area contributed by atoms with Crippen LogP contribution in [0.25, 0.3) is 0 Å². The molecular formula is C70H136O6. The number of hydrogen-bond acceptors (Lipinski definition) is 6. The number of carbonyl (C=O) groups excluding carboxylic acids is 3. The number of hydrogen-bond donors (Lipinski definition) is 0. The number of rotatable bonds is 66. The highest BCUT2D eigenvalue weighted by Gasteiger charge is 2.19. The second kappa shape index (κ2) is 65.9. The minimum Gasteiger partial charge on any atom is -0.462 e. The Morgan fingerprint density at radius 3 is 0.526 bits per heavy atom. The zero-order valence-corrected chi connectivity index (χ0v) is 52.1. The molecule has 0 bridgehead atoms. The molecule has 1 atom stereocenters. The maximum Gasteiger partial charge on any atom is 0.306 e. The van der Waals surface area contributed by atoms with E-state index in [0.29, 0.717) is 19.3 Å². The third-order valence-corrected chi connectivity index (χ3v) is 16.4. The van der Waals surface area contributed by atoms with Crippen LogP contribution >= 0.6 is 0 Å². The molecule has 0 aliphatic rings. The largest absolute Gasteiger partial charge is 0.462 e. The molecule has 0 spiro atoms. The SMILES string of the molecule is CCCCCCCCCCCCCCCCCCCCCCCCCCCCCCCCC(=O)OCC(COC(=O)CCCCCCCCC)OC(=O)CCCCCCCCCCCCCCCCCCCCCCC.